The fourth-order valence-corrected chi connectivity index (χ4v) is 4.06. The molecule has 0 spiro atoms. The lowest BCUT2D eigenvalue weighted by Crippen LogP contribution is -2.30. The molecule has 0 unspecified atom stereocenters. The molecule has 21 heavy (non-hydrogen) atoms. The maximum Gasteiger partial charge on any atom is 0.244 e. The summed E-state index contributed by atoms with van der Waals surface area (Å²) in [5.74, 6) is 0.347. The quantitative estimate of drug-likeness (QED) is 0.770. The van der Waals surface area contributed by atoms with Crippen molar-refractivity contribution < 1.29 is 13.2 Å². The molecule has 5 nitrogen and oxygen atoms in total. The van der Waals surface area contributed by atoms with Crippen molar-refractivity contribution >= 4 is 38.4 Å². The van der Waals surface area contributed by atoms with E-state index in [-0.39, 0.29) is 17.3 Å². The maximum atomic E-state index is 12.3. The van der Waals surface area contributed by atoms with Gasteiger partial charge in [-0.3, -0.25) is 0 Å². The molecular formula is C13H20BrClN2O3S. The lowest BCUT2D eigenvalue weighted by atomic mass is 10.2. The van der Waals surface area contributed by atoms with Crippen molar-refractivity contribution in [3.8, 4) is 5.75 Å². The van der Waals surface area contributed by atoms with Crippen LogP contribution in [-0.4, -0.2) is 34.7 Å². The summed E-state index contributed by atoms with van der Waals surface area (Å²) < 4.78 is 33.1. The lowest BCUT2D eigenvalue weighted by molar-refractivity contribution is 0.402. The second-order valence-electron chi connectivity index (χ2n) is 4.77. The number of sulfonamides is 1. The minimum absolute atomic E-state index is 0. The van der Waals surface area contributed by atoms with Gasteiger partial charge in [0.25, 0.3) is 0 Å². The van der Waals surface area contributed by atoms with E-state index in [9.17, 15) is 8.42 Å². The Labute approximate surface area is 140 Å². The molecule has 1 fully saturated rings. The van der Waals surface area contributed by atoms with Crippen LogP contribution in [0.3, 0.4) is 0 Å². The monoisotopic (exact) mass is 398 g/mol. The minimum atomic E-state index is -3.55. The van der Waals surface area contributed by atoms with E-state index in [1.807, 2.05) is 0 Å². The lowest BCUT2D eigenvalue weighted by Gasteiger charge is -2.13. The summed E-state index contributed by atoms with van der Waals surface area (Å²) in [6.45, 7) is 1.45. The number of hydrogen-bond acceptors (Lipinski definition) is 4. The molecular weight excluding hydrogens is 380 g/mol. The number of hydrogen-bond donors (Lipinski definition) is 2. The van der Waals surface area contributed by atoms with Gasteiger partial charge >= 0.3 is 0 Å². The molecule has 1 aromatic carbocycles. The van der Waals surface area contributed by atoms with Gasteiger partial charge in [0.15, 0.2) is 0 Å². The van der Waals surface area contributed by atoms with Gasteiger partial charge in [-0.25, -0.2) is 13.1 Å². The predicted octanol–water partition coefficient (Wildman–Crippen LogP) is 2.30. The molecule has 0 saturated carbocycles. The second-order valence-corrected chi connectivity index (χ2v) is 7.43. The highest BCUT2D eigenvalue weighted by atomic mass is 79.9. The summed E-state index contributed by atoms with van der Waals surface area (Å²) in [6.07, 6.45) is 3.08. The normalized spacial score (nSPS) is 18.3. The Balaban J connectivity index is 0.00000220. The Morgan fingerprint density at radius 2 is 2.24 bits per heavy atom. The molecule has 0 aliphatic carbocycles. The molecule has 1 aliphatic rings. The Morgan fingerprint density at radius 3 is 2.86 bits per heavy atom. The number of methoxy groups -OCH3 is 1. The van der Waals surface area contributed by atoms with Gasteiger partial charge in [-0.2, -0.15) is 0 Å². The van der Waals surface area contributed by atoms with Crippen LogP contribution in [0.4, 0.5) is 0 Å². The average Bonchev–Trinajstić information content (AvgIpc) is 2.91. The van der Waals surface area contributed by atoms with Crippen LogP contribution in [0, 0.1) is 0 Å². The van der Waals surface area contributed by atoms with E-state index >= 15 is 0 Å². The highest BCUT2D eigenvalue weighted by molar-refractivity contribution is 9.10. The largest absolute Gasteiger partial charge is 0.495 e. The van der Waals surface area contributed by atoms with Gasteiger partial charge in [0.2, 0.25) is 10.0 Å². The van der Waals surface area contributed by atoms with Crippen molar-refractivity contribution in [2.24, 2.45) is 0 Å². The third-order valence-electron chi connectivity index (χ3n) is 3.36. The first-order valence-corrected chi connectivity index (χ1v) is 8.87. The van der Waals surface area contributed by atoms with E-state index in [2.05, 4.69) is 26.0 Å². The fourth-order valence-electron chi connectivity index (χ4n) is 2.31. The molecule has 2 N–H and O–H groups in total. The minimum Gasteiger partial charge on any atom is -0.495 e. The first-order chi connectivity index (χ1) is 9.53. The third-order valence-corrected chi connectivity index (χ3v) is 5.34. The standard InChI is InChI=1S/C13H19BrN2O3S.ClH/c1-19-12-5-4-10(14)9-13(12)20(17,18)16-8-6-11-3-2-7-15-11;/h4-5,9,11,15-16H,2-3,6-8H2,1H3;1H/t11-;/m1./s1. The molecule has 120 valence electrons. The van der Waals surface area contributed by atoms with Crippen LogP contribution in [0.1, 0.15) is 19.3 Å². The molecule has 1 aromatic rings. The molecule has 0 amide bonds. The van der Waals surface area contributed by atoms with Crippen molar-refractivity contribution in [2.45, 2.75) is 30.2 Å². The van der Waals surface area contributed by atoms with Crippen LogP contribution in [0.5, 0.6) is 5.75 Å². The number of rotatable bonds is 6. The van der Waals surface area contributed by atoms with Crippen LogP contribution in [0.15, 0.2) is 27.6 Å². The first kappa shape index (κ1) is 18.7. The van der Waals surface area contributed by atoms with Crippen LogP contribution < -0.4 is 14.8 Å². The zero-order valence-corrected chi connectivity index (χ0v) is 15.0. The smallest absolute Gasteiger partial charge is 0.244 e. The van der Waals surface area contributed by atoms with Crippen LogP contribution in [-0.2, 0) is 10.0 Å². The van der Waals surface area contributed by atoms with E-state index in [0.29, 0.717) is 22.8 Å². The van der Waals surface area contributed by atoms with Crippen molar-refractivity contribution in [1.82, 2.24) is 10.0 Å². The van der Waals surface area contributed by atoms with Gasteiger partial charge in [0.1, 0.15) is 10.6 Å². The molecule has 1 aliphatic heterocycles. The summed E-state index contributed by atoms with van der Waals surface area (Å²) in [6, 6.07) is 5.36. The second kappa shape index (κ2) is 8.33. The summed E-state index contributed by atoms with van der Waals surface area (Å²) in [4.78, 5) is 0.161. The van der Waals surface area contributed by atoms with E-state index in [4.69, 9.17) is 4.74 Å². The summed E-state index contributed by atoms with van der Waals surface area (Å²) in [5.41, 5.74) is 0. The van der Waals surface area contributed by atoms with Gasteiger partial charge in [0.05, 0.1) is 7.11 Å². The molecule has 1 heterocycles. The maximum absolute atomic E-state index is 12.3. The van der Waals surface area contributed by atoms with E-state index in [1.54, 1.807) is 18.2 Å². The third kappa shape index (κ3) is 5.10. The fraction of sp³-hybridized carbons (Fsp3) is 0.538. The van der Waals surface area contributed by atoms with Crippen LogP contribution in [0.25, 0.3) is 0 Å². The summed E-state index contributed by atoms with van der Waals surface area (Å²) in [7, 11) is -2.09. The van der Waals surface area contributed by atoms with E-state index in [1.165, 1.54) is 7.11 Å². The Hall–Kier alpha value is -0.340. The van der Waals surface area contributed by atoms with E-state index < -0.39 is 10.0 Å². The van der Waals surface area contributed by atoms with Crippen molar-refractivity contribution in [3.63, 3.8) is 0 Å². The molecule has 0 radical (unpaired) electrons. The van der Waals surface area contributed by atoms with Crippen molar-refractivity contribution in [2.75, 3.05) is 20.2 Å². The van der Waals surface area contributed by atoms with Crippen LogP contribution in [0.2, 0.25) is 0 Å². The number of benzene rings is 1. The Kier molecular flexibility index (Phi) is 7.42. The average molecular weight is 400 g/mol. The number of ether oxygens (including phenoxy) is 1. The number of nitrogens with one attached hydrogen (secondary N) is 2. The molecule has 1 saturated heterocycles. The molecule has 0 aromatic heterocycles. The topological polar surface area (TPSA) is 67.4 Å². The highest BCUT2D eigenvalue weighted by Crippen LogP contribution is 2.27. The van der Waals surface area contributed by atoms with Crippen molar-refractivity contribution in [3.05, 3.63) is 22.7 Å². The SMILES string of the molecule is COc1ccc(Br)cc1S(=O)(=O)NCC[C@H]1CCCN1.Cl. The molecule has 0 bridgehead atoms. The van der Waals surface area contributed by atoms with Gasteiger partial charge in [-0.05, 0) is 44.0 Å². The van der Waals surface area contributed by atoms with Crippen LogP contribution >= 0.6 is 28.3 Å². The molecule has 1 atom stereocenters. The van der Waals surface area contributed by atoms with Gasteiger partial charge in [-0.15, -0.1) is 12.4 Å². The van der Waals surface area contributed by atoms with E-state index in [0.717, 1.165) is 25.8 Å². The summed E-state index contributed by atoms with van der Waals surface area (Å²) >= 11 is 3.28. The Bertz CT molecular complexity index is 563. The highest BCUT2D eigenvalue weighted by Gasteiger charge is 2.21. The Morgan fingerprint density at radius 1 is 1.48 bits per heavy atom. The zero-order chi connectivity index (χ0) is 14.6. The first-order valence-electron chi connectivity index (χ1n) is 6.59. The zero-order valence-electron chi connectivity index (χ0n) is 11.8. The van der Waals surface area contributed by atoms with Gasteiger partial charge in [-0.1, -0.05) is 15.9 Å². The van der Waals surface area contributed by atoms with Gasteiger partial charge in [0, 0.05) is 17.1 Å². The predicted molar refractivity (Wildman–Crippen MR) is 88.8 cm³/mol. The van der Waals surface area contributed by atoms with Crippen molar-refractivity contribution in [1.29, 1.82) is 0 Å². The molecule has 2 rings (SSSR count). The summed E-state index contributed by atoms with van der Waals surface area (Å²) in [5, 5.41) is 3.35. The number of halogens is 2. The van der Waals surface area contributed by atoms with Gasteiger partial charge < -0.3 is 10.1 Å². The molecule has 8 heteroatoms.